The molecule has 0 saturated carbocycles. The number of carbonyl (C=O) groups is 1. The molecule has 6 heteroatoms. The van der Waals surface area contributed by atoms with Crippen molar-refractivity contribution in [1.82, 2.24) is 19.8 Å². The van der Waals surface area contributed by atoms with E-state index in [1.54, 1.807) is 6.08 Å². The fraction of sp³-hybridized carbons (Fsp3) is 0.389. The molecule has 1 fully saturated rings. The van der Waals surface area contributed by atoms with Gasteiger partial charge in [-0.15, -0.1) is 0 Å². The van der Waals surface area contributed by atoms with Gasteiger partial charge in [0, 0.05) is 37.6 Å². The summed E-state index contributed by atoms with van der Waals surface area (Å²) in [6, 6.07) is 7.77. The van der Waals surface area contributed by atoms with Gasteiger partial charge in [0.2, 0.25) is 5.91 Å². The Bertz CT molecular complexity index is 774. The van der Waals surface area contributed by atoms with Crippen LogP contribution in [0, 0.1) is 0 Å². The van der Waals surface area contributed by atoms with E-state index in [1.807, 2.05) is 43.0 Å². The summed E-state index contributed by atoms with van der Waals surface area (Å²) in [5, 5.41) is 0.887. The number of hydrogen-bond acceptors (Lipinski definition) is 5. The number of rotatable bonds is 3. The molecule has 24 heavy (non-hydrogen) atoms. The molecule has 2 aromatic rings. The average molecular weight is 325 g/mol. The highest BCUT2D eigenvalue weighted by molar-refractivity contribution is 5.88. The summed E-state index contributed by atoms with van der Waals surface area (Å²) in [7, 11) is 0. The van der Waals surface area contributed by atoms with Gasteiger partial charge in [-0.1, -0.05) is 17.7 Å². The highest BCUT2D eigenvalue weighted by Crippen LogP contribution is 2.18. The number of hydrogen-bond donors (Lipinski definition) is 1. The van der Waals surface area contributed by atoms with Crippen LogP contribution in [0.4, 0.5) is 5.82 Å². The molecule has 0 atom stereocenters. The van der Waals surface area contributed by atoms with Crippen molar-refractivity contribution < 1.29 is 4.79 Å². The Hall–Kier alpha value is -2.47. The minimum Gasteiger partial charge on any atom is -0.383 e. The standard InChI is InChI=1S/C18H23N5O/c1-13(2)11-17(24)23-9-7-22(8-10-23)12-16-20-15-6-4-3-5-14(15)18(19)21-16/h3-6,11H,7-10,12H2,1-2H3,(H2,19,20,21). The first-order valence-electron chi connectivity index (χ1n) is 8.20. The van der Waals surface area contributed by atoms with E-state index in [9.17, 15) is 4.79 Å². The minimum atomic E-state index is 0.0980. The van der Waals surface area contributed by atoms with E-state index in [0.717, 1.165) is 48.5 Å². The Morgan fingerprint density at radius 2 is 1.88 bits per heavy atom. The van der Waals surface area contributed by atoms with Crippen molar-refractivity contribution in [2.75, 3.05) is 31.9 Å². The van der Waals surface area contributed by atoms with Gasteiger partial charge in [0.15, 0.2) is 0 Å². The molecule has 2 N–H and O–H groups in total. The number of fused-ring (bicyclic) bond motifs is 1. The summed E-state index contributed by atoms with van der Waals surface area (Å²) >= 11 is 0. The van der Waals surface area contributed by atoms with Crippen molar-refractivity contribution in [1.29, 1.82) is 0 Å². The number of nitrogens with zero attached hydrogens (tertiary/aromatic N) is 4. The second-order valence-corrected chi connectivity index (χ2v) is 6.37. The number of anilines is 1. The zero-order valence-corrected chi connectivity index (χ0v) is 14.2. The first-order chi connectivity index (χ1) is 11.5. The third-order valence-corrected chi connectivity index (χ3v) is 4.14. The number of carbonyl (C=O) groups excluding carboxylic acids is 1. The Morgan fingerprint density at radius 1 is 1.17 bits per heavy atom. The van der Waals surface area contributed by atoms with E-state index in [1.165, 1.54) is 0 Å². The van der Waals surface area contributed by atoms with Crippen molar-refractivity contribution in [3.05, 3.63) is 41.7 Å². The van der Waals surface area contributed by atoms with Gasteiger partial charge in [-0.25, -0.2) is 9.97 Å². The van der Waals surface area contributed by atoms with Gasteiger partial charge in [0.1, 0.15) is 11.6 Å². The normalized spacial score (nSPS) is 15.5. The Morgan fingerprint density at radius 3 is 2.58 bits per heavy atom. The van der Waals surface area contributed by atoms with E-state index in [0.29, 0.717) is 12.4 Å². The molecule has 1 amide bonds. The van der Waals surface area contributed by atoms with E-state index >= 15 is 0 Å². The molecule has 0 spiro atoms. The van der Waals surface area contributed by atoms with E-state index in [-0.39, 0.29) is 5.91 Å². The Balaban J connectivity index is 1.64. The van der Waals surface area contributed by atoms with Crippen LogP contribution in [0.25, 0.3) is 10.9 Å². The molecule has 3 rings (SSSR count). The quantitative estimate of drug-likeness (QED) is 0.871. The van der Waals surface area contributed by atoms with E-state index in [2.05, 4.69) is 14.9 Å². The number of aromatic nitrogens is 2. The molecule has 1 aromatic heterocycles. The molecular weight excluding hydrogens is 302 g/mol. The van der Waals surface area contributed by atoms with Crippen LogP contribution in [0.1, 0.15) is 19.7 Å². The highest BCUT2D eigenvalue weighted by Gasteiger charge is 2.20. The van der Waals surface area contributed by atoms with Crippen molar-refractivity contribution in [2.45, 2.75) is 20.4 Å². The predicted octanol–water partition coefficient (Wildman–Crippen LogP) is 1.82. The van der Waals surface area contributed by atoms with Crippen LogP contribution in [0.5, 0.6) is 0 Å². The second-order valence-electron chi connectivity index (χ2n) is 6.37. The van der Waals surface area contributed by atoms with E-state index < -0.39 is 0 Å². The van der Waals surface area contributed by atoms with Gasteiger partial charge in [-0.3, -0.25) is 9.69 Å². The maximum atomic E-state index is 12.1. The average Bonchev–Trinajstić information content (AvgIpc) is 2.55. The lowest BCUT2D eigenvalue weighted by atomic mass is 10.2. The smallest absolute Gasteiger partial charge is 0.246 e. The van der Waals surface area contributed by atoms with Gasteiger partial charge in [-0.05, 0) is 26.0 Å². The van der Waals surface area contributed by atoms with Crippen LogP contribution < -0.4 is 5.73 Å². The SMILES string of the molecule is CC(C)=CC(=O)N1CCN(Cc2nc(N)c3ccccc3n2)CC1. The number of nitrogens with two attached hydrogens (primary N) is 1. The third kappa shape index (κ3) is 3.71. The molecule has 0 radical (unpaired) electrons. The number of benzene rings is 1. The van der Waals surface area contributed by atoms with Crippen molar-refractivity contribution >= 4 is 22.6 Å². The lowest BCUT2D eigenvalue weighted by molar-refractivity contribution is -0.127. The zero-order chi connectivity index (χ0) is 17.1. The monoisotopic (exact) mass is 325 g/mol. The van der Waals surface area contributed by atoms with Crippen LogP contribution in [0.3, 0.4) is 0 Å². The highest BCUT2D eigenvalue weighted by atomic mass is 16.2. The van der Waals surface area contributed by atoms with Crippen molar-refractivity contribution in [3.8, 4) is 0 Å². The number of piperazine rings is 1. The summed E-state index contributed by atoms with van der Waals surface area (Å²) in [5.41, 5.74) is 7.94. The Labute approximate surface area is 142 Å². The number of allylic oxidation sites excluding steroid dienone is 1. The number of nitrogen functional groups attached to an aromatic ring is 1. The molecule has 1 aromatic carbocycles. The number of para-hydroxylation sites is 1. The second kappa shape index (κ2) is 6.97. The van der Waals surface area contributed by atoms with Crippen LogP contribution in [0.2, 0.25) is 0 Å². The fourth-order valence-electron chi connectivity index (χ4n) is 2.89. The van der Waals surface area contributed by atoms with Crippen LogP contribution in [-0.2, 0) is 11.3 Å². The summed E-state index contributed by atoms with van der Waals surface area (Å²) in [6.07, 6.45) is 1.70. The van der Waals surface area contributed by atoms with Gasteiger partial charge >= 0.3 is 0 Å². The molecule has 0 unspecified atom stereocenters. The van der Waals surface area contributed by atoms with Gasteiger partial charge in [0.05, 0.1) is 12.1 Å². The number of amides is 1. The molecule has 2 heterocycles. The van der Waals surface area contributed by atoms with Crippen molar-refractivity contribution in [3.63, 3.8) is 0 Å². The molecule has 0 aliphatic carbocycles. The van der Waals surface area contributed by atoms with Gasteiger partial charge in [-0.2, -0.15) is 0 Å². The van der Waals surface area contributed by atoms with Crippen LogP contribution in [-0.4, -0.2) is 51.9 Å². The molecule has 0 bridgehead atoms. The molecular formula is C18H23N5O. The van der Waals surface area contributed by atoms with Crippen molar-refractivity contribution in [2.24, 2.45) is 0 Å². The van der Waals surface area contributed by atoms with Crippen LogP contribution >= 0.6 is 0 Å². The maximum Gasteiger partial charge on any atom is 0.246 e. The lowest BCUT2D eigenvalue weighted by Crippen LogP contribution is -2.48. The minimum absolute atomic E-state index is 0.0980. The fourth-order valence-corrected chi connectivity index (χ4v) is 2.89. The van der Waals surface area contributed by atoms with Gasteiger partial charge in [0.25, 0.3) is 0 Å². The van der Waals surface area contributed by atoms with E-state index in [4.69, 9.17) is 5.73 Å². The first kappa shape index (κ1) is 16.4. The molecule has 6 nitrogen and oxygen atoms in total. The summed E-state index contributed by atoms with van der Waals surface area (Å²) < 4.78 is 0. The molecule has 1 aliphatic heterocycles. The summed E-state index contributed by atoms with van der Waals surface area (Å²) in [5.74, 6) is 1.35. The van der Waals surface area contributed by atoms with Gasteiger partial charge < -0.3 is 10.6 Å². The maximum absolute atomic E-state index is 12.1. The summed E-state index contributed by atoms with van der Waals surface area (Å²) in [6.45, 7) is 7.62. The molecule has 1 aliphatic rings. The topological polar surface area (TPSA) is 75.4 Å². The largest absolute Gasteiger partial charge is 0.383 e. The predicted molar refractivity (Wildman–Crippen MR) is 95.2 cm³/mol. The summed E-state index contributed by atoms with van der Waals surface area (Å²) in [4.78, 5) is 25.2. The Kier molecular flexibility index (Phi) is 4.76. The third-order valence-electron chi connectivity index (χ3n) is 4.14. The van der Waals surface area contributed by atoms with Crippen LogP contribution in [0.15, 0.2) is 35.9 Å². The molecule has 1 saturated heterocycles. The molecule has 126 valence electrons. The zero-order valence-electron chi connectivity index (χ0n) is 14.2. The lowest BCUT2D eigenvalue weighted by Gasteiger charge is -2.33. The first-order valence-corrected chi connectivity index (χ1v) is 8.20.